The minimum Gasteiger partial charge on any atom is -0.316 e. The second-order valence-electron chi connectivity index (χ2n) is 4.88. The highest BCUT2D eigenvalue weighted by Gasteiger charge is 2.04. The molecule has 1 N–H and O–H groups in total. The fourth-order valence-corrected chi connectivity index (χ4v) is 2.05. The molecule has 0 amide bonds. The van der Waals surface area contributed by atoms with E-state index >= 15 is 0 Å². The van der Waals surface area contributed by atoms with Gasteiger partial charge in [0.25, 0.3) is 0 Å². The maximum absolute atomic E-state index is 4.48. The van der Waals surface area contributed by atoms with Gasteiger partial charge >= 0.3 is 0 Å². The van der Waals surface area contributed by atoms with E-state index in [0.29, 0.717) is 0 Å². The summed E-state index contributed by atoms with van der Waals surface area (Å²) in [7, 11) is 5.97. The molecule has 0 aromatic carbocycles. The quantitative estimate of drug-likeness (QED) is 0.846. The molecular formula is C14H21N5. The van der Waals surface area contributed by atoms with Crippen molar-refractivity contribution < 1.29 is 0 Å². The summed E-state index contributed by atoms with van der Waals surface area (Å²) in [5.74, 6) is 0. The van der Waals surface area contributed by atoms with Gasteiger partial charge in [0.05, 0.1) is 11.9 Å². The van der Waals surface area contributed by atoms with Crippen molar-refractivity contribution >= 4 is 0 Å². The number of hydrogen-bond donors (Lipinski definition) is 1. The summed E-state index contributed by atoms with van der Waals surface area (Å²) in [5.41, 5.74) is 3.52. The van der Waals surface area contributed by atoms with Gasteiger partial charge in [-0.3, -0.25) is 14.6 Å². The lowest BCUT2D eigenvalue weighted by atomic mass is 10.2. The fourth-order valence-electron chi connectivity index (χ4n) is 2.05. The molecule has 5 heteroatoms. The summed E-state index contributed by atoms with van der Waals surface area (Å²) in [4.78, 5) is 6.71. The van der Waals surface area contributed by atoms with E-state index in [1.165, 1.54) is 11.1 Å². The summed E-state index contributed by atoms with van der Waals surface area (Å²) in [6.45, 7) is 2.58. The average molecular weight is 259 g/mol. The largest absolute Gasteiger partial charge is 0.316 e. The van der Waals surface area contributed by atoms with Crippen LogP contribution in [0.5, 0.6) is 0 Å². The molecule has 0 aliphatic rings. The Hall–Kier alpha value is -1.72. The van der Waals surface area contributed by atoms with Crippen molar-refractivity contribution in [1.82, 2.24) is 25.0 Å². The van der Waals surface area contributed by atoms with Crippen molar-refractivity contribution in [2.75, 3.05) is 14.1 Å². The standard InChI is InChI=1S/C14H21N5/c1-15-6-12-4-5-14(16-7-12)11-18(2)9-13-8-17-19(3)10-13/h4-5,7-8,10,15H,6,9,11H2,1-3H3. The second kappa shape index (κ2) is 6.45. The molecule has 2 aromatic rings. The van der Waals surface area contributed by atoms with Gasteiger partial charge in [-0.15, -0.1) is 0 Å². The van der Waals surface area contributed by atoms with Gasteiger partial charge in [-0.1, -0.05) is 6.07 Å². The van der Waals surface area contributed by atoms with Crippen LogP contribution in [0.15, 0.2) is 30.7 Å². The van der Waals surface area contributed by atoms with E-state index in [-0.39, 0.29) is 0 Å². The van der Waals surface area contributed by atoms with Crippen LogP contribution in [-0.2, 0) is 26.7 Å². The molecule has 0 spiro atoms. The summed E-state index contributed by atoms with van der Waals surface area (Å²) in [6.07, 6.45) is 5.88. The number of hydrogen-bond acceptors (Lipinski definition) is 4. The second-order valence-corrected chi connectivity index (χ2v) is 4.88. The van der Waals surface area contributed by atoms with E-state index in [9.17, 15) is 0 Å². The van der Waals surface area contributed by atoms with Gasteiger partial charge in [0.15, 0.2) is 0 Å². The lowest BCUT2D eigenvalue weighted by molar-refractivity contribution is 0.315. The van der Waals surface area contributed by atoms with Crippen LogP contribution in [0.3, 0.4) is 0 Å². The number of rotatable bonds is 6. The maximum atomic E-state index is 4.48. The molecule has 0 unspecified atom stereocenters. The van der Waals surface area contributed by atoms with Crippen LogP contribution >= 0.6 is 0 Å². The molecule has 0 saturated carbocycles. The minimum absolute atomic E-state index is 0.842. The smallest absolute Gasteiger partial charge is 0.0544 e. The van der Waals surface area contributed by atoms with Crippen LogP contribution in [0, 0.1) is 0 Å². The number of nitrogens with zero attached hydrogens (tertiary/aromatic N) is 4. The molecule has 102 valence electrons. The Morgan fingerprint density at radius 3 is 2.63 bits per heavy atom. The van der Waals surface area contributed by atoms with Gasteiger partial charge in [-0.2, -0.15) is 5.10 Å². The molecule has 2 rings (SSSR count). The first-order valence-corrected chi connectivity index (χ1v) is 6.42. The number of pyridine rings is 1. The van der Waals surface area contributed by atoms with Gasteiger partial charge in [-0.05, 0) is 25.7 Å². The molecule has 0 aliphatic carbocycles. The van der Waals surface area contributed by atoms with Gasteiger partial charge < -0.3 is 5.32 Å². The molecule has 0 atom stereocenters. The Bertz CT molecular complexity index is 503. The topological polar surface area (TPSA) is 46.0 Å². The van der Waals surface area contributed by atoms with E-state index in [4.69, 9.17) is 0 Å². The lowest BCUT2D eigenvalue weighted by Crippen LogP contribution is -2.17. The summed E-state index contributed by atoms with van der Waals surface area (Å²) in [5, 5.41) is 7.30. The van der Waals surface area contributed by atoms with Crippen LogP contribution < -0.4 is 5.32 Å². The number of aryl methyl sites for hydroxylation is 1. The van der Waals surface area contributed by atoms with Crippen LogP contribution in [0.4, 0.5) is 0 Å². The molecule has 0 aliphatic heterocycles. The van der Waals surface area contributed by atoms with E-state index in [1.54, 1.807) is 0 Å². The van der Waals surface area contributed by atoms with E-state index in [0.717, 1.165) is 25.3 Å². The van der Waals surface area contributed by atoms with E-state index in [2.05, 4.69) is 39.5 Å². The average Bonchev–Trinajstić information content (AvgIpc) is 2.77. The first kappa shape index (κ1) is 13.7. The van der Waals surface area contributed by atoms with Crippen molar-refractivity contribution in [3.8, 4) is 0 Å². The van der Waals surface area contributed by atoms with Gasteiger partial charge in [0, 0.05) is 44.6 Å². The van der Waals surface area contributed by atoms with Crippen LogP contribution in [0.2, 0.25) is 0 Å². The zero-order chi connectivity index (χ0) is 13.7. The van der Waals surface area contributed by atoms with Crippen LogP contribution in [0.25, 0.3) is 0 Å². The maximum Gasteiger partial charge on any atom is 0.0544 e. The zero-order valence-corrected chi connectivity index (χ0v) is 11.8. The first-order chi connectivity index (χ1) is 9.17. The van der Waals surface area contributed by atoms with Crippen LogP contribution in [-0.4, -0.2) is 33.8 Å². The van der Waals surface area contributed by atoms with Crippen molar-refractivity contribution in [1.29, 1.82) is 0 Å². The Kier molecular flexibility index (Phi) is 4.65. The molecule has 19 heavy (non-hydrogen) atoms. The van der Waals surface area contributed by atoms with Gasteiger partial charge in [0.1, 0.15) is 0 Å². The molecule has 2 heterocycles. The third kappa shape index (κ3) is 4.15. The van der Waals surface area contributed by atoms with Crippen molar-refractivity contribution in [2.24, 2.45) is 7.05 Å². The Balaban J connectivity index is 1.89. The minimum atomic E-state index is 0.842. The monoisotopic (exact) mass is 259 g/mol. The molecule has 0 radical (unpaired) electrons. The predicted molar refractivity (Wildman–Crippen MR) is 75.4 cm³/mol. The Morgan fingerprint density at radius 1 is 1.21 bits per heavy atom. The predicted octanol–water partition coefficient (Wildman–Crippen LogP) is 1.17. The number of nitrogens with one attached hydrogen (secondary N) is 1. The fraction of sp³-hybridized carbons (Fsp3) is 0.429. The molecule has 2 aromatic heterocycles. The number of aromatic nitrogens is 3. The van der Waals surface area contributed by atoms with Crippen molar-refractivity contribution in [3.05, 3.63) is 47.5 Å². The van der Waals surface area contributed by atoms with Crippen molar-refractivity contribution in [2.45, 2.75) is 19.6 Å². The molecule has 5 nitrogen and oxygen atoms in total. The lowest BCUT2D eigenvalue weighted by Gasteiger charge is -2.15. The zero-order valence-electron chi connectivity index (χ0n) is 11.8. The highest BCUT2D eigenvalue weighted by Crippen LogP contribution is 2.06. The van der Waals surface area contributed by atoms with Crippen LogP contribution in [0.1, 0.15) is 16.8 Å². The van der Waals surface area contributed by atoms with E-state index in [1.807, 2.05) is 37.4 Å². The van der Waals surface area contributed by atoms with Gasteiger partial charge in [0.2, 0.25) is 0 Å². The SMILES string of the molecule is CNCc1ccc(CN(C)Cc2cnn(C)c2)nc1. The summed E-state index contributed by atoms with van der Waals surface area (Å²) in [6, 6.07) is 4.21. The highest BCUT2D eigenvalue weighted by atomic mass is 15.2. The molecule has 0 bridgehead atoms. The van der Waals surface area contributed by atoms with Crippen molar-refractivity contribution in [3.63, 3.8) is 0 Å². The normalized spacial score (nSPS) is 11.2. The molecule has 0 saturated heterocycles. The third-order valence-corrected chi connectivity index (χ3v) is 2.91. The molecule has 0 fully saturated rings. The summed E-state index contributed by atoms with van der Waals surface area (Å²) < 4.78 is 1.83. The Labute approximate surface area is 114 Å². The summed E-state index contributed by atoms with van der Waals surface area (Å²) >= 11 is 0. The third-order valence-electron chi connectivity index (χ3n) is 2.91. The molecular weight excluding hydrogens is 238 g/mol. The first-order valence-electron chi connectivity index (χ1n) is 6.42. The highest BCUT2D eigenvalue weighted by molar-refractivity contribution is 5.14. The van der Waals surface area contributed by atoms with Gasteiger partial charge in [-0.25, -0.2) is 0 Å². The van der Waals surface area contributed by atoms with E-state index < -0.39 is 0 Å². The Morgan fingerprint density at radius 2 is 2.05 bits per heavy atom.